The van der Waals surface area contributed by atoms with Crippen molar-refractivity contribution in [3.63, 3.8) is 0 Å². The van der Waals surface area contributed by atoms with Gasteiger partial charge >= 0.3 is 0 Å². The summed E-state index contributed by atoms with van der Waals surface area (Å²) in [5.41, 5.74) is 5.45. The number of ether oxygens (including phenoxy) is 1. The molecule has 3 N–H and O–H groups in total. The van der Waals surface area contributed by atoms with Crippen molar-refractivity contribution in [2.24, 2.45) is 5.73 Å². The van der Waals surface area contributed by atoms with Crippen LogP contribution in [-0.2, 0) is 4.79 Å². The molecule has 1 aromatic heterocycles. The Morgan fingerprint density at radius 3 is 2.76 bits per heavy atom. The predicted molar refractivity (Wildman–Crippen MR) is 83.4 cm³/mol. The number of thiophene rings is 1. The molecule has 0 aliphatic rings. The molecule has 110 valence electrons. The van der Waals surface area contributed by atoms with Crippen LogP contribution in [0.4, 0.5) is 5.00 Å². The molecule has 1 heterocycles. The fourth-order valence-electron chi connectivity index (χ4n) is 1.49. The maximum absolute atomic E-state index is 11.8. The van der Waals surface area contributed by atoms with Gasteiger partial charge in [0.05, 0.1) is 10.6 Å². The van der Waals surface area contributed by atoms with E-state index in [2.05, 4.69) is 5.32 Å². The van der Waals surface area contributed by atoms with Gasteiger partial charge in [0, 0.05) is 11.1 Å². The first-order valence-corrected chi connectivity index (χ1v) is 7.36. The van der Waals surface area contributed by atoms with Crippen molar-refractivity contribution < 1.29 is 14.3 Å². The zero-order chi connectivity index (χ0) is 15.4. The van der Waals surface area contributed by atoms with Crippen LogP contribution in [0.25, 0.3) is 0 Å². The van der Waals surface area contributed by atoms with Gasteiger partial charge in [-0.1, -0.05) is 23.2 Å². The van der Waals surface area contributed by atoms with Crippen molar-refractivity contribution in [3.05, 3.63) is 45.3 Å². The van der Waals surface area contributed by atoms with E-state index in [0.29, 0.717) is 20.8 Å². The first-order valence-electron chi connectivity index (χ1n) is 5.72. The molecule has 2 amide bonds. The molecule has 8 heteroatoms. The summed E-state index contributed by atoms with van der Waals surface area (Å²) in [4.78, 5) is 22.9. The van der Waals surface area contributed by atoms with Crippen LogP contribution in [0.2, 0.25) is 10.0 Å². The van der Waals surface area contributed by atoms with E-state index in [1.807, 2.05) is 0 Å². The minimum Gasteiger partial charge on any atom is -0.482 e. The highest BCUT2D eigenvalue weighted by Crippen LogP contribution is 2.28. The summed E-state index contributed by atoms with van der Waals surface area (Å²) in [6.45, 7) is -0.268. The number of rotatable bonds is 5. The number of halogens is 2. The third-order valence-electron chi connectivity index (χ3n) is 2.44. The van der Waals surface area contributed by atoms with E-state index in [-0.39, 0.29) is 12.2 Å². The van der Waals surface area contributed by atoms with E-state index in [0.717, 1.165) is 0 Å². The largest absolute Gasteiger partial charge is 0.482 e. The number of primary amides is 1. The SMILES string of the molecule is NC(=O)c1ccsc1NC(=O)COc1cc(Cl)ccc1Cl. The monoisotopic (exact) mass is 344 g/mol. The lowest BCUT2D eigenvalue weighted by Crippen LogP contribution is -2.21. The van der Waals surface area contributed by atoms with E-state index >= 15 is 0 Å². The summed E-state index contributed by atoms with van der Waals surface area (Å²) in [7, 11) is 0. The zero-order valence-electron chi connectivity index (χ0n) is 10.6. The van der Waals surface area contributed by atoms with E-state index < -0.39 is 11.8 Å². The molecule has 5 nitrogen and oxygen atoms in total. The fourth-order valence-corrected chi connectivity index (χ4v) is 2.64. The standard InChI is InChI=1S/C13H10Cl2N2O3S/c14-7-1-2-9(15)10(5-7)20-6-11(18)17-13-8(12(16)19)3-4-21-13/h1-5H,6H2,(H2,16,19)(H,17,18). The Hall–Kier alpha value is -1.76. The normalized spacial score (nSPS) is 10.2. The number of carbonyl (C=O) groups is 2. The van der Waals surface area contributed by atoms with Crippen LogP contribution in [-0.4, -0.2) is 18.4 Å². The van der Waals surface area contributed by atoms with Gasteiger partial charge in [-0.05, 0) is 23.6 Å². The molecule has 0 aliphatic carbocycles. The van der Waals surface area contributed by atoms with Crippen LogP contribution in [0.15, 0.2) is 29.6 Å². The molecule has 0 radical (unpaired) electrons. The molecular weight excluding hydrogens is 335 g/mol. The smallest absolute Gasteiger partial charge is 0.262 e. The summed E-state index contributed by atoms with van der Waals surface area (Å²) in [5, 5.41) is 5.39. The summed E-state index contributed by atoms with van der Waals surface area (Å²) in [6, 6.07) is 6.23. The van der Waals surface area contributed by atoms with Crippen molar-refractivity contribution in [1.82, 2.24) is 0 Å². The number of nitrogens with two attached hydrogens (primary N) is 1. The predicted octanol–water partition coefficient (Wildman–Crippen LogP) is 3.17. The molecule has 0 spiro atoms. The lowest BCUT2D eigenvalue weighted by Gasteiger charge is -2.08. The maximum atomic E-state index is 11.8. The number of nitrogens with one attached hydrogen (secondary N) is 1. The maximum Gasteiger partial charge on any atom is 0.262 e. The first kappa shape index (κ1) is 15.6. The van der Waals surface area contributed by atoms with Gasteiger partial charge in [-0.2, -0.15) is 0 Å². The van der Waals surface area contributed by atoms with Crippen LogP contribution in [0.1, 0.15) is 10.4 Å². The van der Waals surface area contributed by atoms with E-state index in [9.17, 15) is 9.59 Å². The Bertz CT molecular complexity index is 688. The number of carbonyl (C=O) groups excluding carboxylic acids is 2. The first-order chi connectivity index (χ1) is 9.97. The number of hydrogen-bond acceptors (Lipinski definition) is 4. The summed E-state index contributed by atoms with van der Waals surface area (Å²) >= 11 is 12.9. The van der Waals surface area contributed by atoms with Crippen molar-refractivity contribution in [2.75, 3.05) is 11.9 Å². The van der Waals surface area contributed by atoms with Gasteiger partial charge in [0.25, 0.3) is 11.8 Å². The highest BCUT2D eigenvalue weighted by atomic mass is 35.5. The Kier molecular flexibility index (Phi) is 5.06. The molecule has 0 unspecified atom stereocenters. The molecule has 2 aromatic rings. The molecule has 0 fully saturated rings. The number of amides is 2. The average Bonchev–Trinajstić information content (AvgIpc) is 2.88. The third-order valence-corrected chi connectivity index (χ3v) is 3.81. The molecular formula is C13H10Cl2N2O3S. The number of anilines is 1. The Balaban J connectivity index is 1.98. The molecule has 2 rings (SSSR count). The highest BCUT2D eigenvalue weighted by Gasteiger charge is 2.13. The summed E-state index contributed by atoms with van der Waals surface area (Å²) in [5.74, 6) is -0.734. The van der Waals surface area contributed by atoms with Crippen LogP contribution < -0.4 is 15.8 Å². The van der Waals surface area contributed by atoms with Crippen molar-refractivity contribution in [1.29, 1.82) is 0 Å². The minimum atomic E-state index is -0.606. The third kappa shape index (κ3) is 4.10. The highest BCUT2D eigenvalue weighted by molar-refractivity contribution is 7.14. The molecule has 0 aliphatic heterocycles. The number of hydrogen-bond donors (Lipinski definition) is 2. The van der Waals surface area contributed by atoms with Crippen LogP contribution in [0.3, 0.4) is 0 Å². The second-order valence-electron chi connectivity index (χ2n) is 3.94. The van der Waals surface area contributed by atoms with Crippen LogP contribution in [0.5, 0.6) is 5.75 Å². The molecule has 21 heavy (non-hydrogen) atoms. The topological polar surface area (TPSA) is 81.4 Å². The van der Waals surface area contributed by atoms with E-state index in [1.54, 1.807) is 17.5 Å². The van der Waals surface area contributed by atoms with Crippen molar-refractivity contribution >= 4 is 51.4 Å². The Labute approximate surface area is 134 Å². The van der Waals surface area contributed by atoms with E-state index in [4.69, 9.17) is 33.7 Å². The van der Waals surface area contributed by atoms with Gasteiger partial charge in [-0.25, -0.2) is 0 Å². The fraction of sp³-hybridized carbons (Fsp3) is 0.0769. The van der Waals surface area contributed by atoms with Gasteiger partial charge in [0.2, 0.25) is 0 Å². The van der Waals surface area contributed by atoms with Gasteiger partial charge < -0.3 is 15.8 Å². The summed E-state index contributed by atoms with van der Waals surface area (Å²) < 4.78 is 5.29. The Morgan fingerprint density at radius 2 is 2.05 bits per heavy atom. The zero-order valence-corrected chi connectivity index (χ0v) is 12.9. The van der Waals surface area contributed by atoms with Gasteiger partial charge in [0.1, 0.15) is 10.8 Å². The van der Waals surface area contributed by atoms with Gasteiger partial charge in [0.15, 0.2) is 6.61 Å². The average molecular weight is 345 g/mol. The molecule has 1 aromatic carbocycles. The molecule has 0 saturated heterocycles. The Morgan fingerprint density at radius 1 is 1.29 bits per heavy atom. The van der Waals surface area contributed by atoms with Crippen LogP contribution in [0, 0.1) is 0 Å². The summed E-state index contributed by atoms with van der Waals surface area (Å²) in [6.07, 6.45) is 0. The minimum absolute atomic E-state index is 0.258. The van der Waals surface area contributed by atoms with Crippen LogP contribution >= 0.6 is 34.5 Å². The quantitative estimate of drug-likeness (QED) is 0.873. The molecule has 0 saturated carbocycles. The van der Waals surface area contributed by atoms with Crippen molar-refractivity contribution in [3.8, 4) is 5.75 Å². The lowest BCUT2D eigenvalue weighted by atomic mass is 10.3. The number of benzene rings is 1. The van der Waals surface area contributed by atoms with E-state index in [1.165, 1.54) is 23.5 Å². The van der Waals surface area contributed by atoms with Crippen molar-refractivity contribution in [2.45, 2.75) is 0 Å². The van der Waals surface area contributed by atoms with Gasteiger partial charge in [-0.3, -0.25) is 9.59 Å². The molecule has 0 bridgehead atoms. The second-order valence-corrected chi connectivity index (χ2v) is 5.70. The lowest BCUT2D eigenvalue weighted by molar-refractivity contribution is -0.118. The molecule has 0 atom stereocenters. The van der Waals surface area contributed by atoms with Gasteiger partial charge in [-0.15, -0.1) is 11.3 Å². The second kappa shape index (κ2) is 6.80.